The lowest BCUT2D eigenvalue weighted by atomic mass is 9.81. The zero-order valence-electron chi connectivity index (χ0n) is 25.0. The van der Waals surface area contributed by atoms with Crippen molar-refractivity contribution in [3.05, 3.63) is 71.5 Å². The van der Waals surface area contributed by atoms with Crippen LogP contribution in [-0.2, 0) is 35.1 Å². The summed E-state index contributed by atoms with van der Waals surface area (Å²) in [5.41, 5.74) is 5.04. The lowest BCUT2D eigenvalue weighted by Crippen LogP contribution is -2.28. The zero-order chi connectivity index (χ0) is 31.6. The highest BCUT2D eigenvalue weighted by molar-refractivity contribution is 7.94. The monoisotopic (exact) mass is 663 g/mol. The molecule has 2 aliphatic heterocycles. The SMILES string of the molecule is C.C.CCN1C(=CC=CC2=[N+](CCCCCC(=O)O)c3ccc(S(=O)(=O)O)cc3C2(C)C)C(C)(C)c2cc(SOOO)ccc21. The third-order valence-corrected chi connectivity index (χ3v) is 9.71. The molecule has 12 heteroatoms. The summed E-state index contributed by atoms with van der Waals surface area (Å²) in [5, 5.41) is 21.3. The molecule has 3 N–H and O–H groups in total. The molecule has 0 radical (unpaired) electrons. The largest absolute Gasteiger partial charge is 0.481 e. The smallest absolute Gasteiger partial charge is 0.303 e. The first-order valence-electron chi connectivity index (χ1n) is 14.2. The summed E-state index contributed by atoms with van der Waals surface area (Å²) < 4.78 is 40.4. The minimum absolute atomic E-state index is 0. The highest BCUT2D eigenvalue weighted by atomic mass is 32.2. The Hall–Kier alpha value is -3.00. The molecule has 0 aromatic heterocycles. The molecule has 0 amide bonds. The summed E-state index contributed by atoms with van der Waals surface area (Å²) in [4.78, 5) is 13.9. The van der Waals surface area contributed by atoms with Crippen molar-refractivity contribution in [2.45, 2.75) is 95.8 Å². The van der Waals surface area contributed by atoms with E-state index in [1.807, 2.05) is 38.1 Å². The number of hydrogen-bond donors (Lipinski definition) is 3. The number of fused-ring (bicyclic) bond motifs is 2. The number of carbonyl (C=O) groups is 1. The maximum Gasteiger partial charge on any atom is 0.303 e. The van der Waals surface area contributed by atoms with Gasteiger partial charge in [0, 0.05) is 58.8 Å². The molecule has 2 heterocycles. The standard InChI is InChI=1S/C31H38N2O8S2.2CH4/c1-6-32-25-16-14-21(42-41-40-36)19-23(25)30(2,3)27(32)11-10-12-28-31(4,5)24-20-22(43(37,38)39)15-17-26(24)33(28)18-9-7-8-13-29(34)35;;/h10-12,14-17,19-20H,6-9,13,18H2,1-5H3,(H2-,34,35,36,37,38,39);2*1H4/p+1. The summed E-state index contributed by atoms with van der Waals surface area (Å²) in [5.74, 6) is -0.811. The molecule has 0 unspecified atom stereocenters. The van der Waals surface area contributed by atoms with Crippen molar-refractivity contribution in [1.82, 2.24) is 0 Å². The van der Waals surface area contributed by atoms with Crippen LogP contribution in [0.3, 0.4) is 0 Å². The Balaban J connectivity index is 0.00000353. The lowest BCUT2D eigenvalue weighted by molar-refractivity contribution is -0.438. The van der Waals surface area contributed by atoms with Crippen molar-refractivity contribution in [3.63, 3.8) is 0 Å². The van der Waals surface area contributed by atoms with Gasteiger partial charge in [0.05, 0.1) is 22.4 Å². The zero-order valence-corrected chi connectivity index (χ0v) is 26.7. The molecule has 0 aliphatic carbocycles. The quantitative estimate of drug-likeness (QED) is 0.0484. The van der Waals surface area contributed by atoms with Crippen molar-refractivity contribution in [1.29, 1.82) is 0 Å². The van der Waals surface area contributed by atoms with Crippen LogP contribution < -0.4 is 4.90 Å². The van der Waals surface area contributed by atoms with Gasteiger partial charge in [0.1, 0.15) is 6.54 Å². The molecule has 2 aromatic rings. The van der Waals surface area contributed by atoms with Crippen molar-refractivity contribution in [2.75, 3.05) is 18.0 Å². The van der Waals surface area contributed by atoms with Gasteiger partial charge in [0.15, 0.2) is 5.71 Å². The van der Waals surface area contributed by atoms with Gasteiger partial charge in [-0.05, 0) is 75.6 Å². The second kappa shape index (κ2) is 15.1. The molecule has 2 aromatic carbocycles. The molecule has 0 spiro atoms. The average Bonchev–Trinajstić information content (AvgIpc) is 3.29. The number of hydrogen-bond acceptors (Lipinski definition) is 8. The number of rotatable bonds is 13. The van der Waals surface area contributed by atoms with Crippen molar-refractivity contribution < 1.29 is 42.1 Å². The molecular weight excluding hydrogens is 617 g/mol. The van der Waals surface area contributed by atoms with E-state index in [0.717, 1.165) is 70.2 Å². The molecule has 2 aliphatic rings. The predicted molar refractivity (Wildman–Crippen MR) is 179 cm³/mol. The molecule has 0 saturated heterocycles. The summed E-state index contributed by atoms with van der Waals surface area (Å²) in [6.07, 6.45) is 8.39. The van der Waals surface area contributed by atoms with Crippen LogP contribution in [-0.4, -0.2) is 52.7 Å². The molecule has 45 heavy (non-hydrogen) atoms. The van der Waals surface area contributed by atoms with Gasteiger partial charge in [0.2, 0.25) is 5.69 Å². The Morgan fingerprint density at radius 2 is 1.73 bits per heavy atom. The number of nitrogens with zero attached hydrogens (tertiary/aromatic N) is 2. The maximum atomic E-state index is 11.9. The molecule has 4 rings (SSSR count). The number of benzene rings is 2. The number of carboxylic acid groups (broad SMARTS) is 1. The Bertz CT molecular complexity index is 1590. The van der Waals surface area contributed by atoms with Crippen LogP contribution in [0.25, 0.3) is 0 Å². The van der Waals surface area contributed by atoms with Crippen LogP contribution in [0.2, 0.25) is 0 Å². The second-order valence-electron chi connectivity index (χ2n) is 11.7. The van der Waals surface area contributed by atoms with Crippen LogP contribution >= 0.6 is 12.0 Å². The van der Waals surface area contributed by atoms with Crippen LogP contribution in [0.15, 0.2) is 70.1 Å². The lowest BCUT2D eigenvalue weighted by Gasteiger charge is -2.25. The molecule has 0 saturated carbocycles. The highest BCUT2D eigenvalue weighted by Crippen LogP contribution is 2.49. The summed E-state index contributed by atoms with van der Waals surface area (Å²) in [7, 11) is -4.37. The van der Waals surface area contributed by atoms with Crippen LogP contribution in [0.1, 0.15) is 86.3 Å². The van der Waals surface area contributed by atoms with Crippen LogP contribution in [0, 0.1) is 0 Å². The number of allylic oxidation sites excluding steroid dienone is 4. The summed E-state index contributed by atoms with van der Waals surface area (Å²) in [6.45, 7) is 11.9. The predicted octanol–water partition coefficient (Wildman–Crippen LogP) is 7.91. The van der Waals surface area contributed by atoms with Gasteiger partial charge in [0.25, 0.3) is 10.1 Å². The van der Waals surface area contributed by atoms with Crippen LogP contribution in [0.5, 0.6) is 0 Å². The Labute approximate surface area is 271 Å². The Morgan fingerprint density at radius 3 is 2.36 bits per heavy atom. The van der Waals surface area contributed by atoms with Crippen LogP contribution in [0.4, 0.5) is 11.4 Å². The van der Waals surface area contributed by atoms with Gasteiger partial charge in [-0.15, -0.1) is 4.33 Å². The molecule has 0 fully saturated rings. The Kier molecular flexibility index (Phi) is 12.8. The van der Waals surface area contributed by atoms with Gasteiger partial charge in [-0.1, -0.05) is 39.8 Å². The third-order valence-electron chi connectivity index (χ3n) is 8.28. The number of aliphatic carboxylic acids is 1. The van der Waals surface area contributed by atoms with E-state index in [1.54, 1.807) is 6.07 Å². The van der Waals surface area contributed by atoms with Gasteiger partial charge >= 0.3 is 5.97 Å². The van der Waals surface area contributed by atoms with E-state index in [0.29, 0.717) is 13.0 Å². The molecule has 248 valence electrons. The number of likely N-dealkylation sites (N-methyl/N-ethyl adjacent to an activating group) is 1. The van der Waals surface area contributed by atoms with E-state index in [-0.39, 0.29) is 31.6 Å². The van der Waals surface area contributed by atoms with Crippen molar-refractivity contribution in [3.8, 4) is 0 Å². The summed E-state index contributed by atoms with van der Waals surface area (Å²) >= 11 is 0.924. The van der Waals surface area contributed by atoms with Crippen molar-refractivity contribution in [2.24, 2.45) is 0 Å². The fourth-order valence-corrected chi connectivity index (χ4v) is 7.02. The molecular formula is C33H47N2O8S2+. The molecule has 0 bridgehead atoms. The maximum absolute atomic E-state index is 11.9. The van der Waals surface area contributed by atoms with E-state index < -0.39 is 21.5 Å². The Morgan fingerprint density at radius 1 is 1.02 bits per heavy atom. The van der Waals surface area contributed by atoms with Gasteiger partial charge in [-0.2, -0.15) is 13.0 Å². The highest BCUT2D eigenvalue weighted by Gasteiger charge is 2.45. The topological polar surface area (TPSA) is 137 Å². The fraction of sp³-hybridized carbons (Fsp3) is 0.455. The molecule has 10 nitrogen and oxygen atoms in total. The van der Waals surface area contributed by atoms with E-state index in [4.69, 9.17) is 10.4 Å². The number of carboxylic acids is 1. The first-order valence-corrected chi connectivity index (χ1v) is 16.4. The van der Waals surface area contributed by atoms with Gasteiger partial charge in [-0.3, -0.25) is 9.35 Å². The second-order valence-corrected chi connectivity index (χ2v) is 13.9. The summed E-state index contributed by atoms with van der Waals surface area (Å²) in [6, 6.07) is 10.6. The van der Waals surface area contributed by atoms with Gasteiger partial charge < -0.3 is 10.0 Å². The normalized spacial score (nSPS) is 17.3. The number of unbranched alkanes of at least 4 members (excludes halogenated alkanes) is 2. The number of anilines is 1. The fourth-order valence-electron chi connectivity index (χ4n) is 6.11. The first kappa shape index (κ1) is 38.2. The van der Waals surface area contributed by atoms with E-state index in [2.05, 4.69) is 51.8 Å². The van der Waals surface area contributed by atoms with E-state index >= 15 is 0 Å². The first-order chi connectivity index (χ1) is 20.2. The van der Waals surface area contributed by atoms with Gasteiger partial charge in [-0.25, -0.2) is 5.26 Å². The van der Waals surface area contributed by atoms with E-state index in [1.165, 1.54) is 12.1 Å². The van der Waals surface area contributed by atoms with E-state index in [9.17, 15) is 17.8 Å². The third kappa shape index (κ3) is 7.87. The molecule has 0 atom stereocenters. The minimum Gasteiger partial charge on any atom is -0.481 e. The van der Waals surface area contributed by atoms with Crippen molar-refractivity contribution >= 4 is 45.2 Å². The minimum atomic E-state index is -4.37. The average molecular weight is 664 g/mol.